The van der Waals surface area contributed by atoms with Crippen LogP contribution in [-0.2, 0) is 9.53 Å². The Labute approximate surface area is 79.2 Å². The van der Waals surface area contributed by atoms with Gasteiger partial charge >= 0.3 is 5.97 Å². The zero-order valence-corrected chi connectivity index (χ0v) is 8.54. The third-order valence-electron chi connectivity index (χ3n) is 2.59. The molecule has 0 aromatic heterocycles. The van der Waals surface area contributed by atoms with Crippen molar-refractivity contribution in [1.82, 2.24) is 10.2 Å². The van der Waals surface area contributed by atoms with Gasteiger partial charge in [-0.2, -0.15) is 0 Å². The molecule has 2 atom stereocenters. The SMILES string of the molecule is COC(=O)C1CC(N(C)C)CCN1. The normalized spacial score (nSPS) is 28.9. The first-order chi connectivity index (χ1) is 6.15. The van der Waals surface area contributed by atoms with Crippen LogP contribution in [0.4, 0.5) is 0 Å². The maximum absolute atomic E-state index is 11.2. The average molecular weight is 186 g/mol. The Morgan fingerprint density at radius 3 is 2.77 bits per heavy atom. The molecule has 4 heteroatoms. The second-order valence-corrected chi connectivity index (χ2v) is 3.67. The highest BCUT2D eigenvalue weighted by Crippen LogP contribution is 2.13. The molecule has 1 fully saturated rings. The van der Waals surface area contributed by atoms with E-state index in [0.717, 1.165) is 19.4 Å². The minimum Gasteiger partial charge on any atom is -0.468 e. The van der Waals surface area contributed by atoms with Crippen LogP contribution < -0.4 is 5.32 Å². The van der Waals surface area contributed by atoms with Gasteiger partial charge in [0.1, 0.15) is 6.04 Å². The standard InChI is InChI=1S/C9H18N2O2/c1-11(2)7-4-5-10-8(6-7)9(12)13-3/h7-8,10H,4-6H2,1-3H3. The number of nitrogens with zero attached hydrogens (tertiary/aromatic N) is 1. The van der Waals surface area contributed by atoms with E-state index in [4.69, 9.17) is 4.74 Å². The lowest BCUT2D eigenvalue weighted by Crippen LogP contribution is -2.49. The van der Waals surface area contributed by atoms with Crippen LogP contribution >= 0.6 is 0 Å². The highest BCUT2D eigenvalue weighted by atomic mass is 16.5. The zero-order chi connectivity index (χ0) is 9.84. The number of ether oxygens (including phenoxy) is 1. The van der Waals surface area contributed by atoms with Gasteiger partial charge < -0.3 is 15.0 Å². The fourth-order valence-electron chi connectivity index (χ4n) is 1.69. The lowest BCUT2D eigenvalue weighted by molar-refractivity contribution is -0.144. The monoisotopic (exact) mass is 186 g/mol. The number of hydrogen-bond donors (Lipinski definition) is 1. The van der Waals surface area contributed by atoms with Crippen molar-refractivity contribution in [1.29, 1.82) is 0 Å². The summed E-state index contributed by atoms with van der Waals surface area (Å²) in [5.41, 5.74) is 0. The Morgan fingerprint density at radius 2 is 2.23 bits per heavy atom. The summed E-state index contributed by atoms with van der Waals surface area (Å²) in [4.78, 5) is 13.4. The molecule has 0 aromatic carbocycles. The Balaban J connectivity index is 2.46. The Morgan fingerprint density at radius 1 is 1.54 bits per heavy atom. The summed E-state index contributed by atoms with van der Waals surface area (Å²) in [6.07, 6.45) is 1.94. The molecule has 1 N–H and O–H groups in total. The Hall–Kier alpha value is -0.610. The van der Waals surface area contributed by atoms with E-state index >= 15 is 0 Å². The number of esters is 1. The van der Waals surface area contributed by atoms with Crippen LogP contribution in [0.15, 0.2) is 0 Å². The van der Waals surface area contributed by atoms with Gasteiger partial charge in [0.05, 0.1) is 7.11 Å². The van der Waals surface area contributed by atoms with Crippen molar-refractivity contribution < 1.29 is 9.53 Å². The quantitative estimate of drug-likeness (QED) is 0.609. The third-order valence-corrected chi connectivity index (χ3v) is 2.59. The van der Waals surface area contributed by atoms with Gasteiger partial charge in [0, 0.05) is 6.04 Å². The van der Waals surface area contributed by atoms with Crippen LogP contribution in [-0.4, -0.2) is 50.7 Å². The van der Waals surface area contributed by atoms with Crippen LogP contribution in [0.5, 0.6) is 0 Å². The number of hydrogen-bond acceptors (Lipinski definition) is 4. The molecule has 76 valence electrons. The van der Waals surface area contributed by atoms with Gasteiger partial charge in [0.25, 0.3) is 0 Å². The maximum Gasteiger partial charge on any atom is 0.322 e. The van der Waals surface area contributed by atoms with Crippen molar-refractivity contribution in [2.24, 2.45) is 0 Å². The van der Waals surface area contributed by atoms with Crippen molar-refractivity contribution in [3.63, 3.8) is 0 Å². The van der Waals surface area contributed by atoms with Crippen molar-refractivity contribution in [2.45, 2.75) is 24.9 Å². The lowest BCUT2D eigenvalue weighted by atomic mass is 9.99. The van der Waals surface area contributed by atoms with Crippen molar-refractivity contribution in [2.75, 3.05) is 27.7 Å². The van der Waals surface area contributed by atoms with Gasteiger partial charge in [-0.25, -0.2) is 0 Å². The summed E-state index contributed by atoms with van der Waals surface area (Å²) in [6.45, 7) is 0.891. The van der Waals surface area contributed by atoms with E-state index in [9.17, 15) is 4.79 Å². The topological polar surface area (TPSA) is 41.6 Å². The minimum absolute atomic E-state index is 0.119. The Bertz CT molecular complexity index is 182. The van der Waals surface area contributed by atoms with Gasteiger partial charge in [-0.3, -0.25) is 4.79 Å². The van der Waals surface area contributed by atoms with E-state index < -0.39 is 0 Å². The fraction of sp³-hybridized carbons (Fsp3) is 0.889. The van der Waals surface area contributed by atoms with Gasteiger partial charge in [-0.1, -0.05) is 0 Å². The molecule has 0 radical (unpaired) electrons. The molecule has 1 heterocycles. The minimum atomic E-state index is -0.147. The van der Waals surface area contributed by atoms with Crippen LogP contribution in [0.1, 0.15) is 12.8 Å². The molecular formula is C9H18N2O2. The average Bonchev–Trinajstić information content (AvgIpc) is 2.17. The molecule has 1 saturated heterocycles. The van der Waals surface area contributed by atoms with Gasteiger partial charge in [0.15, 0.2) is 0 Å². The molecule has 1 aliphatic heterocycles. The van der Waals surface area contributed by atoms with Crippen molar-refractivity contribution >= 4 is 5.97 Å². The predicted octanol–water partition coefficient (Wildman–Crippen LogP) is -0.158. The molecule has 0 aliphatic carbocycles. The van der Waals surface area contributed by atoms with E-state index in [0.29, 0.717) is 6.04 Å². The molecule has 0 bridgehead atoms. The third kappa shape index (κ3) is 2.67. The van der Waals surface area contributed by atoms with E-state index in [1.54, 1.807) is 0 Å². The van der Waals surface area contributed by atoms with Crippen LogP contribution in [0, 0.1) is 0 Å². The van der Waals surface area contributed by atoms with Crippen LogP contribution in [0.3, 0.4) is 0 Å². The second kappa shape index (κ2) is 4.58. The van der Waals surface area contributed by atoms with E-state index in [1.807, 2.05) is 14.1 Å². The fourth-order valence-corrected chi connectivity index (χ4v) is 1.69. The highest BCUT2D eigenvalue weighted by Gasteiger charge is 2.28. The number of carbonyl (C=O) groups is 1. The van der Waals surface area contributed by atoms with E-state index in [1.165, 1.54) is 7.11 Å². The second-order valence-electron chi connectivity index (χ2n) is 3.67. The molecule has 0 spiro atoms. The molecule has 1 aliphatic rings. The number of piperidine rings is 1. The predicted molar refractivity (Wildman–Crippen MR) is 50.5 cm³/mol. The molecule has 4 nitrogen and oxygen atoms in total. The number of nitrogens with one attached hydrogen (secondary N) is 1. The molecule has 13 heavy (non-hydrogen) atoms. The van der Waals surface area contributed by atoms with Gasteiger partial charge in [0.2, 0.25) is 0 Å². The van der Waals surface area contributed by atoms with Gasteiger partial charge in [-0.05, 0) is 33.5 Å². The lowest BCUT2D eigenvalue weighted by Gasteiger charge is -2.32. The molecular weight excluding hydrogens is 168 g/mol. The van der Waals surface area contributed by atoms with E-state index in [-0.39, 0.29) is 12.0 Å². The zero-order valence-electron chi connectivity index (χ0n) is 8.54. The molecule has 2 unspecified atom stereocenters. The van der Waals surface area contributed by atoms with E-state index in [2.05, 4.69) is 10.2 Å². The number of methoxy groups -OCH3 is 1. The summed E-state index contributed by atoms with van der Waals surface area (Å²) in [6, 6.07) is 0.372. The first-order valence-corrected chi connectivity index (χ1v) is 4.62. The number of carbonyl (C=O) groups excluding carboxylic acids is 1. The first-order valence-electron chi connectivity index (χ1n) is 4.62. The molecule has 0 saturated carbocycles. The first kappa shape index (κ1) is 10.5. The van der Waals surface area contributed by atoms with Crippen LogP contribution in [0.2, 0.25) is 0 Å². The molecule has 1 rings (SSSR count). The largest absolute Gasteiger partial charge is 0.468 e. The maximum atomic E-state index is 11.2. The summed E-state index contributed by atoms with van der Waals surface area (Å²) in [5, 5.41) is 3.15. The molecule has 0 amide bonds. The van der Waals surface area contributed by atoms with Gasteiger partial charge in [-0.15, -0.1) is 0 Å². The summed E-state index contributed by atoms with van der Waals surface area (Å²) >= 11 is 0. The summed E-state index contributed by atoms with van der Waals surface area (Å²) in [7, 11) is 5.53. The smallest absolute Gasteiger partial charge is 0.322 e. The summed E-state index contributed by atoms with van der Waals surface area (Å²) in [5.74, 6) is -0.147. The highest BCUT2D eigenvalue weighted by molar-refractivity contribution is 5.75. The van der Waals surface area contributed by atoms with Crippen molar-refractivity contribution in [3.8, 4) is 0 Å². The van der Waals surface area contributed by atoms with Crippen molar-refractivity contribution in [3.05, 3.63) is 0 Å². The summed E-state index contributed by atoms with van der Waals surface area (Å²) < 4.78 is 4.70. The Kier molecular flexibility index (Phi) is 3.69. The molecule has 0 aromatic rings. The number of rotatable bonds is 2. The van der Waals surface area contributed by atoms with Crippen LogP contribution in [0.25, 0.3) is 0 Å².